The average Bonchev–Trinajstić information content (AvgIpc) is 3.25. The van der Waals surface area contributed by atoms with E-state index in [1.807, 2.05) is 25.1 Å². The standard InChI is InChI=1S/C30H34F2N4O2S/c1-22-2-9-26(10-3-22)39(37,38)35-18-16-33(17-19-35)14-15-34-13-12-30-28(21-34)27-20-24(32)6-11-29(27)36(30)25-7-4-23(31)5-8-25/h2-11,20,28,30H,12-19,21H2,1H3/t28-,30+/m0/s1. The Kier molecular flexibility index (Phi) is 7.18. The number of nitrogens with zero attached hydrogens (tertiary/aromatic N) is 4. The van der Waals surface area contributed by atoms with Gasteiger partial charge in [0.25, 0.3) is 0 Å². The molecule has 0 saturated carbocycles. The molecule has 0 N–H and O–H groups in total. The Bertz CT molecular complexity index is 1420. The summed E-state index contributed by atoms with van der Waals surface area (Å²) in [5, 5.41) is 0. The van der Waals surface area contributed by atoms with E-state index in [0.29, 0.717) is 31.1 Å². The Labute approximate surface area is 229 Å². The second-order valence-electron chi connectivity index (χ2n) is 10.9. The smallest absolute Gasteiger partial charge is 0.243 e. The summed E-state index contributed by atoms with van der Waals surface area (Å²) in [5.41, 5.74) is 4.00. The first-order valence-electron chi connectivity index (χ1n) is 13.7. The number of benzene rings is 3. The molecule has 6 nitrogen and oxygen atoms in total. The Morgan fingerprint density at radius 3 is 2.18 bits per heavy atom. The molecule has 0 spiro atoms. The molecule has 3 aromatic carbocycles. The Hall–Kier alpha value is -2.85. The van der Waals surface area contributed by atoms with Crippen molar-refractivity contribution in [2.24, 2.45) is 0 Å². The SMILES string of the molecule is Cc1ccc(S(=O)(=O)N2CCN(CCN3CC[C@@H]4[C@@H](C3)c3cc(F)ccc3N4c3ccc(F)cc3)CC2)cc1. The number of piperazine rings is 1. The predicted molar refractivity (Wildman–Crippen MR) is 149 cm³/mol. The van der Waals surface area contributed by atoms with Crippen molar-refractivity contribution in [3.05, 3.63) is 89.5 Å². The van der Waals surface area contributed by atoms with E-state index in [-0.39, 0.29) is 23.6 Å². The monoisotopic (exact) mass is 552 g/mol. The molecule has 39 heavy (non-hydrogen) atoms. The van der Waals surface area contributed by atoms with Crippen molar-refractivity contribution in [3.63, 3.8) is 0 Å². The van der Waals surface area contributed by atoms with Crippen molar-refractivity contribution in [1.82, 2.24) is 14.1 Å². The van der Waals surface area contributed by atoms with Crippen LogP contribution in [0.15, 0.2) is 71.6 Å². The third-order valence-corrected chi connectivity index (χ3v) is 10.4. The summed E-state index contributed by atoms with van der Waals surface area (Å²) in [7, 11) is -3.47. The first-order valence-corrected chi connectivity index (χ1v) is 15.1. The highest BCUT2D eigenvalue weighted by atomic mass is 32.2. The number of sulfonamides is 1. The maximum Gasteiger partial charge on any atom is 0.243 e. The third-order valence-electron chi connectivity index (χ3n) is 8.47. The molecule has 0 bridgehead atoms. The van der Waals surface area contributed by atoms with Crippen LogP contribution in [0.5, 0.6) is 0 Å². The molecule has 0 unspecified atom stereocenters. The lowest BCUT2D eigenvalue weighted by Gasteiger charge is -2.40. The summed E-state index contributed by atoms with van der Waals surface area (Å²) in [6, 6.07) is 18.8. The molecule has 3 heterocycles. The minimum absolute atomic E-state index is 0.172. The molecule has 2 atom stereocenters. The molecular weight excluding hydrogens is 518 g/mol. The highest BCUT2D eigenvalue weighted by Crippen LogP contribution is 2.48. The zero-order valence-corrected chi connectivity index (χ0v) is 23.0. The van der Waals surface area contributed by atoms with Gasteiger partial charge in [0.05, 0.1) is 4.90 Å². The van der Waals surface area contributed by atoms with Crippen molar-refractivity contribution in [1.29, 1.82) is 0 Å². The fraction of sp³-hybridized carbons (Fsp3) is 0.400. The fourth-order valence-corrected chi connectivity index (χ4v) is 7.74. The number of aryl methyl sites for hydroxylation is 1. The lowest BCUT2D eigenvalue weighted by molar-refractivity contribution is 0.139. The second kappa shape index (κ2) is 10.6. The fourth-order valence-electron chi connectivity index (χ4n) is 6.31. The molecule has 0 amide bonds. The van der Waals surface area contributed by atoms with Crippen LogP contribution in [0.1, 0.15) is 23.5 Å². The van der Waals surface area contributed by atoms with E-state index in [1.54, 1.807) is 34.6 Å². The maximum atomic E-state index is 14.3. The van der Waals surface area contributed by atoms with Crippen LogP contribution in [0.25, 0.3) is 0 Å². The Balaban J connectivity index is 1.08. The molecule has 2 saturated heterocycles. The van der Waals surface area contributed by atoms with Gasteiger partial charge in [-0.15, -0.1) is 0 Å². The van der Waals surface area contributed by atoms with E-state index in [1.165, 1.54) is 18.2 Å². The van der Waals surface area contributed by atoms with Gasteiger partial charge in [-0.1, -0.05) is 17.7 Å². The minimum atomic E-state index is -3.47. The van der Waals surface area contributed by atoms with Crippen molar-refractivity contribution >= 4 is 21.4 Å². The minimum Gasteiger partial charge on any atom is -0.337 e. The van der Waals surface area contributed by atoms with Gasteiger partial charge >= 0.3 is 0 Å². The van der Waals surface area contributed by atoms with Gasteiger partial charge in [-0.2, -0.15) is 4.31 Å². The lowest BCUT2D eigenvalue weighted by Crippen LogP contribution is -2.51. The zero-order chi connectivity index (χ0) is 27.1. The summed E-state index contributed by atoms with van der Waals surface area (Å²) >= 11 is 0. The van der Waals surface area contributed by atoms with Crippen LogP contribution in [0.4, 0.5) is 20.2 Å². The number of halogens is 2. The number of hydrogen-bond donors (Lipinski definition) is 0. The summed E-state index contributed by atoms with van der Waals surface area (Å²) in [6.07, 6.45) is 0.931. The molecule has 0 aromatic heterocycles. The van der Waals surface area contributed by atoms with Gasteiger partial charge in [-0.3, -0.25) is 4.90 Å². The highest BCUT2D eigenvalue weighted by molar-refractivity contribution is 7.89. The van der Waals surface area contributed by atoms with Gasteiger partial charge in [0.15, 0.2) is 0 Å². The number of rotatable bonds is 6. The third kappa shape index (κ3) is 5.20. The van der Waals surface area contributed by atoms with Gasteiger partial charge < -0.3 is 9.80 Å². The number of anilines is 2. The van der Waals surface area contributed by atoms with Crippen LogP contribution < -0.4 is 4.90 Å². The molecule has 3 aromatic rings. The van der Waals surface area contributed by atoms with Crippen LogP contribution in [0, 0.1) is 18.6 Å². The van der Waals surface area contributed by atoms with Crippen LogP contribution in [-0.4, -0.2) is 80.9 Å². The van der Waals surface area contributed by atoms with Crippen LogP contribution in [-0.2, 0) is 10.0 Å². The zero-order valence-electron chi connectivity index (χ0n) is 22.1. The summed E-state index contributed by atoms with van der Waals surface area (Å²) < 4.78 is 55.6. The number of piperidine rings is 1. The van der Waals surface area contributed by atoms with Crippen molar-refractivity contribution in [2.45, 2.75) is 30.2 Å². The van der Waals surface area contributed by atoms with Crippen molar-refractivity contribution in [2.75, 3.05) is 57.3 Å². The topological polar surface area (TPSA) is 47.1 Å². The number of hydrogen-bond acceptors (Lipinski definition) is 5. The molecule has 0 aliphatic carbocycles. The van der Waals surface area contributed by atoms with Crippen LogP contribution >= 0.6 is 0 Å². The van der Waals surface area contributed by atoms with Gasteiger partial charge in [0.2, 0.25) is 10.0 Å². The Morgan fingerprint density at radius 2 is 1.46 bits per heavy atom. The summed E-state index contributed by atoms with van der Waals surface area (Å²) in [6.45, 7) is 7.85. The largest absolute Gasteiger partial charge is 0.337 e. The van der Waals surface area contributed by atoms with Gasteiger partial charge in [0.1, 0.15) is 11.6 Å². The molecule has 3 aliphatic heterocycles. The molecule has 3 aliphatic rings. The van der Waals surface area contributed by atoms with E-state index in [9.17, 15) is 17.2 Å². The van der Waals surface area contributed by atoms with Crippen molar-refractivity contribution in [3.8, 4) is 0 Å². The van der Waals surface area contributed by atoms with Gasteiger partial charge in [0, 0.05) is 75.7 Å². The first-order chi connectivity index (χ1) is 18.8. The first kappa shape index (κ1) is 26.4. The second-order valence-corrected chi connectivity index (χ2v) is 12.8. The van der Waals surface area contributed by atoms with Crippen LogP contribution in [0.2, 0.25) is 0 Å². The van der Waals surface area contributed by atoms with Crippen molar-refractivity contribution < 1.29 is 17.2 Å². The van der Waals surface area contributed by atoms with Crippen LogP contribution in [0.3, 0.4) is 0 Å². The predicted octanol–water partition coefficient (Wildman–Crippen LogP) is 4.59. The number of likely N-dealkylation sites (tertiary alicyclic amines) is 1. The summed E-state index contributed by atoms with van der Waals surface area (Å²) in [4.78, 5) is 7.39. The van der Waals surface area contributed by atoms with E-state index >= 15 is 0 Å². The van der Waals surface area contributed by atoms with Gasteiger partial charge in [-0.05, 0) is 73.5 Å². The van der Waals surface area contributed by atoms with E-state index in [2.05, 4.69) is 14.7 Å². The van der Waals surface area contributed by atoms with E-state index in [4.69, 9.17) is 0 Å². The van der Waals surface area contributed by atoms with E-state index < -0.39 is 10.0 Å². The number of fused-ring (bicyclic) bond motifs is 3. The van der Waals surface area contributed by atoms with Gasteiger partial charge in [-0.25, -0.2) is 17.2 Å². The normalized spacial score (nSPS) is 22.6. The molecule has 9 heteroatoms. The molecule has 6 rings (SSSR count). The highest BCUT2D eigenvalue weighted by Gasteiger charge is 2.42. The molecule has 2 fully saturated rings. The molecular formula is C30H34F2N4O2S. The maximum absolute atomic E-state index is 14.3. The average molecular weight is 553 g/mol. The summed E-state index contributed by atoms with van der Waals surface area (Å²) in [5.74, 6) is -0.327. The van der Waals surface area contributed by atoms with E-state index in [0.717, 1.165) is 55.1 Å². The molecule has 206 valence electrons. The Morgan fingerprint density at radius 1 is 0.795 bits per heavy atom. The lowest BCUT2D eigenvalue weighted by atomic mass is 9.89. The molecule has 0 radical (unpaired) electrons. The quantitative estimate of drug-likeness (QED) is 0.448.